The van der Waals surface area contributed by atoms with Crippen LogP contribution in [-0.2, 0) is 0 Å². The molecule has 0 atom stereocenters. The highest BCUT2D eigenvalue weighted by atomic mass is 32.2. The van der Waals surface area contributed by atoms with Crippen LogP contribution < -0.4 is 0 Å². The van der Waals surface area contributed by atoms with Gasteiger partial charge in [-0.05, 0) is 18.1 Å². The standard InChI is InChI=1S/C17H16S/c1-13-9-11-17(12-10-13)15(3)18-14(2)16-7-5-4-6-8-16/h4-12H,2-3H2,1H3. The summed E-state index contributed by atoms with van der Waals surface area (Å²) in [4.78, 5) is 2.06. The van der Waals surface area contributed by atoms with E-state index in [9.17, 15) is 0 Å². The third kappa shape index (κ3) is 3.14. The van der Waals surface area contributed by atoms with Crippen LogP contribution >= 0.6 is 11.8 Å². The van der Waals surface area contributed by atoms with E-state index in [1.807, 2.05) is 18.2 Å². The minimum Gasteiger partial charge on any atom is -0.0901 e. The van der Waals surface area contributed by atoms with Crippen LogP contribution in [0.3, 0.4) is 0 Å². The highest BCUT2D eigenvalue weighted by molar-refractivity contribution is 8.16. The van der Waals surface area contributed by atoms with E-state index in [-0.39, 0.29) is 0 Å². The Labute approximate surface area is 113 Å². The van der Waals surface area contributed by atoms with Crippen LogP contribution in [0, 0.1) is 6.92 Å². The summed E-state index contributed by atoms with van der Waals surface area (Å²) in [7, 11) is 0. The van der Waals surface area contributed by atoms with Crippen molar-refractivity contribution in [1.29, 1.82) is 0 Å². The summed E-state index contributed by atoms with van der Waals surface area (Å²) in [5.41, 5.74) is 3.57. The highest BCUT2D eigenvalue weighted by Crippen LogP contribution is 2.36. The van der Waals surface area contributed by atoms with E-state index < -0.39 is 0 Å². The molecule has 0 bridgehead atoms. The second-order valence-corrected chi connectivity index (χ2v) is 5.37. The molecule has 0 aliphatic heterocycles. The second kappa shape index (κ2) is 5.74. The first-order valence-corrected chi connectivity index (χ1v) is 6.66. The molecule has 0 aliphatic rings. The van der Waals surface area contributed by atoms with Crippen LogP contribution in [0.1, 0.15) is 16.7 Å². The third-order valence-electron chi connectivity index (χ3n) is 2.72. The van der Waals surface area contributed by atoms with Crippen molar-refractivity contribution in [2.24, 2.45) is 0 Å². The zero-order valence-corrected chi connectivity index (χ0v) is 11.3. The van der Waals surface area contributed by atoms with Crippen molar-refractivity contribution in [1.82, 2.24) is 0 Å². The molecule has 0 saturated heterocycles. The molecule has 1 heteroatoms. The average Bonchev–Trinajstić information content (AvgIpc) is 2.40. The molecule has 0 nitrogen and oxygen atoms in total. The first kappa shape index (κ1) is 12.7. The van der Waals surface area contributed by atoms with Crippen LogP contribution in [0.25, 0.3) is 9.81 Å². The molecule has 0 amide bonds. The van der Waals surface area contributed by atoms with Gasteiger partial charge in [-0.15, -0.1) is 0 Å². The third-order valence-corrected chi connectivity index (χ3v) is 3.68. The van der Waals surface area contributed by atoms with Crippen LogP contribution in [0.2, 0.25) is 0 Å². The monoisotopic (exact) mass is 252 g/mol. The first-order chi connectivity index (χ1) is 8.66. The van der Waals surface area contributed by atoms with Crippen molar-refractivity contribution in [3.63, 3.8) is 0 Å². The van der Waals surface area contributed by atoms with Crippen molar-refractivity contribution in [3.05, 3.63) is 84.4 Å². The molecule has 0 heterocycles. The van der Waals surface area contributed by atoms with Gasteiger partial charge in [-0.3, -0.25) is 0 Å². The van der Waals surface area contributed by atoms with Gasteiger partial charge in [0.05, 0.1) is 0 Å². The Bertz CT molecular complexity index is 550. The summed E-state index contributed by atoms with van der Waals surface area (Å²) in [6.45, 7) is 10.3. The fourth-order valence-electron chi connectivity index (χ4n) is 1.63. The van der Waals surface area contributed by atoms with Crippen LogP contribution in [-0.4, -0.2) is 0 Å². The van der Waals surface area contributed by atoms with Gasteiger partial charge in [0.25, 0.3) is 0 Å². The second-order valence-electron chi connectivity index (χ2n) is 4.18. The Morgan fingerprint density at radius 1 is 0.778 bits per heavy atom. The predicted octanol–water partition coefficient (Wildman–Crippen LogP) is 5.37. The first-order valence-electron chi connectivity index (χ1n) is 5.85. The van der Waals surface area contributed by atoms with E-state index >= 15 is 0 Å². The summed E-state index contributed by atoms with van der Waals surface area (Å²) in [5.74, 6) is 0. The van der Waals surface area contributed by atoms with E-state index in [2.05, 4.69) is 56.5 Å². The summed E-state index contributed by atoms with van der Waals surface area (Å²) in [5, 5.41) is 0. The molecule has 0 saturated carbocycles. The van der Waals surface area contributed by atoms with Crippen LogP contribution in [0.15, 0.2) is 67.8 Å². The molecule has 0 unspecified atom stereocenters. The lowest BCUT2D eigenvalue weighted by molar-refractivity contribution is 1.46. The summed E-state index contributed by atoms with van der Waals surface area (Å²) in [6, 6.07) is 18.6. The summed E-state index contributed by atoms with van der Waals surface area (Å²) >= 11 is 1.62. The van der Waals surface area contributed by atoms with Crippen molar-refractivity contribution in [2.45, 2.75) is 6.92 Å². The van der Waals surface area contributed by atoms with Gasteiger partial charge in [-0.2, -0.15) is 0 Å². The number of aryl methyl sites for hydroxylation is 1. The molecule has 2 aromatic rings. The quantitative estimate of drug-likeness (QED) is 0.705. The number of hydrogen-bond acceptors (Lipinski definition) is 1. The van der Waals surface area contributed by atoms with Gasteiger partial charge in [-0.25, -0.2) is 0 Å². The molecule has 0 radical (unpaired) electrons. The predicted molar refractivity (Wildman–Crippen MR) is 83.3 cm³/mol. The van der Waals surface area contributed by atoms with E-state index in [0.717, 1.165) is 20.9 Å². The maximum atomic E-state index is 4.12. The van der Waals surface area contributed by atoms with Crippen molar-refractivity contribution < 1.29 is 0 Å². The fourth-order valence-corrected chi connectivity index (χ4v) is 2.44. The maximum Gasteiger partial charge on any atom is 0.0122 e. The van der Waals surface area contributed by atoms with E-state index in [4.69, 9.17) is 0 Å². The Balaban J connectivity index is 2.08. The Morgan fingerprint density at radius 2 is 1.28 bits per heavy atom. The summed E-state index contributed by atoms with van der Waals surface area (Å²) in [6.07, 6.45) is 0. The Hall–Kier alpha value is -1.73. The van der Waals surface area contributed by atoms with Gasteiger partial charge >= 0.3 is 0 Å². The highest BCUT2D eigenvalue weighted by Gasteiger charge is 2.04. The zero-order valence-electron chi connectivity index (χ0n) is 10.5. The van der Waals surface area contributed by atoms with Gasteiger partial charge in [0.2, 0.25) is 0 Å². The minimum atomic E-state index is 1.03. The molecule has 90 valence electrons. The molecule has 0 aromatic heterocycles. The molecule has 0 spiro atoms. The maximum absolute atomic E-state index is 4.12. The summed E-state index contributed by atoms with van der Waals surface area (Å²) < 4.78 is 0. The molecule has 2 aromatic carbocycles. The van der Waals surface area contributed by atoms with Gasteiger partial charge in [0.1, 0.15) is 0 Å². The number of thioether (sulfide) groups is 1. The number of hydrogen-bond donors (Lipinski definition) is 0. The van der Waals surface area contributed by atoms with Gasteiger partial charge in [0.15, 0.2) is 0 Å². The SMILES string of the molecule is C=C(SC(=C)c1ccc(C)cc1)c1ccccc1. The number of benzene rings is 2. The molecule has 2 rings (SSSR count). The smallest absolute Gasteiger partial charge is 0.0122 e. The topological polar surface area (TPSA) is 0 Å². The van der Waals surface area contributed by atoms with Crippen LogP contribution in [0.4, 0.5) is 0 Å². The zero-order chi connectivity index (χ0) is 13.0. The number of rotatable bonds is 4. The largest absolute Gasteiger partial charge is 0.0901 e. The molecular formula is C17H16S. The van der Waals surface area contributed by atoms with Crippen LogP contribution in [0.5, 0.6) is 0 Å². The van der Waals surface area contributed by atoms with Crippen molar-refractivity contribution in [3.8, 4) is 0 Å². The molecule has 0 aliphatic carbocycles. The van der Waals surface area contributed by atoms with E-state index in [1.165, 1.54) is 5.56 Å². The van der Waals surface area contributed by atoms with Crippen molar-refractivity contribution >= 4 is 21.6 Å². The van der Waals surface area contributed by atoms with Gasteiger partial charge in [0, 0.05) is 9.81 Å². The van der Waals surface area contributed by atoms with E-state index in [0.29, 0.717) is 0 Å². The normalized spacial score (nSPS) is 10.1. The molecule has 0 fully saturated rings. The lowest BCUT2D eigenvalue weighted by Crippen LogP contribution is -1.81. The molecule has 18 heavy (non-hydrogen) atoms. The van der Waals surface area contributed by atoms with Gasteiger partial charge < -0.3 is 0 Å². The lowest BCUT2D eigenvalue weighted by atomic mass is 10.1. The van der Waals surface area contributed by atoms with Gasteiger partial charge in [-0.1, -0.05) is 85.1 Å². The minimum absolute atomic E-state index is 1.03. The van der Waals surface area contributed by atoms with Crippen molar-refractivity contribution in [2.75, 3.05) is 0 Å². The molecule has 0 N–H and O–H groups in total. The Morgan fingerprint density at radius 3 is 1.83 bits per heavy atom. The lowest BCUT2D eigenvalue weighted by Gasteiger charge is -2.08. The Kier molecular flexibility index (Phi) is 4.06. The average molecular weight is 252 g/mol. The molecular weight excluding hydrogens is 236 g/mol. The van der Waals surface area contributed by atoms with E-state index in [1.54, 1.807) is 11.8 Å². The fraction of sp³-hybridized carbons (Fsp3) is 0.0588.